The zero-order valence-corrected chi connectivity index (χ0v) is 7.34. The molecule has 0 aromatic heterocycles. The van der Waals surface area contributed by atoms with Gasteiger partial charge < -0.3 is 4.74 Å². The molecule has 3 unspecified atom stereocenters. The van der Waals surface area contributed by atoms with Gasteiger partial charge in [-0.2, -0.15) is 0 Å². The zero-order chi connectivity index (χ0) is 7.84. The molecule has 1 saturated heterocycles. The van der Waals surface area contributed by atoms with Gasteiger partial charge in [0.05, 0.1) is 13.2 Å². The van der Waals surface area contributed by atoms with Crippen molar-refractivity contribution in [1.29, 1.82) is 0 Å². The van der Waals surface area contributed by atoms with Gasteiger partial charge in [0, 0.05) is 0 Å². The van der Waals surface area contributed by atoms with Gasteiger partial charge in [-0.25, -0.2) is 0 Å². The summed E-state index contributed by atoms with van der Waals surface area (Å²) in [4.78, 5) is 0. The van der Waals surface area contributed by atoms with Crippen LogP contribution in [0.25, 0.3) is 0 Å². The van der Waals surface area contributed by atoms with Crippen LogP contribution in [-0.2, 0) is 4.74 Å². The highest BCUT2D eigenvalue weighted by Gasteiger charge is 2.34. The molecule has 1 nitrogen and oxygen atoms in total. The summed E-state index contributed by atoms with van der Waals surface area (Å²) in [5.74, 6) is 2.39. The van der Waals surface area contributed by atoms with Crippen molar-refractivity contribution >= 4 is 0 Å². The largest absolute Gasteiger partial charge is 0.381 e. The third kappa shape index (κ3) is 1.22. The summed E-state index contributed by atoms with van der Waals surface area (Å²) in [7, 11) is 0. The quantitative estimate of drug-likeness (QED) is 0.484. The van der Waals surface area contributed by atoms with E-state index in [1.54, 1.807) is 5.57 Å². The molecule has 62 valence electrons. The Labute approximate surface area is 68.4 Å². The van der Waals surface area contributed by atoms with E-state index in [1.807, 2.05) is 0 Å². The lowest BCUT2D eigenvalue weighted by atomic mass is 9.76. The van der Waals surface area contributed by atoms with E-state index in [2.05, 4.69) is 19.9 Å². The van der Waals surface area contributed by atoms with E-state index in [0.717, 1.165) is 31.0 Å². The van der Waals surface area contributed by atoms with E-state index in [4.69, 9.17) is 4.74 Å². The minimum absolute atomic E-state index is 0.747. The van der Waals surface area contributed by atoms with Crippen LogP contribution in [0.3, 0.4) is 0 Å². The van der Waals surface area contributed by atoms with Gasteiger partial charge >= 0.3 is 0 Å². The molecule has 0 amide bonds. The van der Waals surface area contributed by atoms with E-state index < -0.39 is 0 Å². The third-order valence-electron chi connectivity index (χ3n) is 3.05. The Hall–Kier alpha value is -0.300. The van der Waals surface area contributed by atoms with E-state index in [0.29, 0.717) is 0 Å². The van der Waals surface area contributed by atoms with Gasteiger partial charge in [0.25, 0.3) is 0 Å². The molecule has 1 aliphatic carbocycles. The summed E-state index contributed by atoms with van der Waals surface area (Å²) in [6.45, 7) is 6.55. The van der Waals surface area contributed by atoms with Crippen molar-refractivity contribution in [3.8, 4) is 0 Å². The molecule has 2 aliphatic rings. The fourth-order valence-electron chi connectivity index (χ4n) is 2.46. The van der Waals surface area contributed by atoms with E-state index in [9.17, 15) is 0 Å². The Morgan fingerprint density at radius 2 is 2.27 bits per heavy atom. The molecule has 0 aromatic carbocycles. The van der Waals surface area contributed by atoms with E-state index >= 15 is 0 Å². The smallest absolute Gasteiger partial charge is 0.0503 e. The molecule has 0 bridgehead atoms. The molecule has 0 radical (unpaired) electrons. The first-order valence-electron chi connectivity index (χ1n) is 4.52. The Bertz CT molecular complexity index is 183. The molecule has 0 aromatic rings. The number of fused-ring (bicyclic) bond motifs is 1. The van der Waals surface area contributed by atoms with Crippen molar-refractivity contribution in [2.45, 2.75) is 20.3 Å². The lowest BCUT2D eigenvalue weighted by molar-refractivity contribution is 0.177. The highest BCUT2D eigenvalue weighted by atomic mass is 16.5. The third-order valence-corrected chi connectivity index (χ3v) is 3.05. The van der Waals surface area contributed by atoms with Gasteiger partial charge in [-0.05, 0) is 31.1 Å². The molecule has 3 atom stereocenters. The predicted octanol–water partition coefficient (Wildman–Crippen LogP) is 2.24. The Morgan fingerprint density at radius 1 is 1.45 bits per heavy atom. The summed E-state index contributed by atoms with van der Waals surface area (Å²) >= 11 is 0. The molecule has 0 saturated carbocycles. The average Bonchev–Trinajstić information content (AvgIpc) is 2.34. The van der Waals surface area contributed by atoms with Crippen LogP contribution in [0.2, 0.25) is 0 Å². The SMILES string of the molecule is CC1=CC(C)C2COCC2C1. The Kier molecular flexibility index (Phi) is 1.76. The molecule has 11 heavy (non-hydrogen) atoms. The highest BCUT2D eigenvalue weighted by Crippen LogP contribution is 2.37. The van der Waals surface area contributed by atoms with Crippen LogP contribution in [0.4, 0.5) is 0 Å². The number of rotatable bonds is 0. The van der Waals surface area contributed by atoms with Gasteiger partial charge in [0.2, 0.25) is 0 Å². The van der Waals surface area contributed by atoms with Crippen LogP contribution >= 0.6 is 0 Å². The molecule has 2 rings (SSSR count). The second-order valence-electron chi connectivity index (χ2n) is 4.04. The lowest BCUT2D eigenvalue weighted by Gasteiger charge is -2.27. The summed E-state index contributed by atoms with van der Waals surface area (Å²) in [5, 5.41) is 0. The second kappa shape index (κ2) is 2.63. The maximum atomic E-state index is 5.48. The van der Waals surface area contributed by atoms with E-state index in [-0.39, 0.29) is 0 Å². The maximum absolute atomic E-state index is 5.48. The van der Waals surface area contributed by atoms with Gasteiger partial charge in [0.1, 0.15) is 0 Å². The van der Waals surface area contributed by atoms with Crippen LogP contribution in [0, 0.1) is 17.8 Å². The zero-order valence-electron chi connectivity index (χ0n) is 7.34. The number of ether oxygens (including phenoxy) is 1. The van der Waals surface area contributed by atoms with Crippen LogP contribution in [0.15, 0.2) is 11.6 Å². The molecule has 1 heteroatoms. The lowest BCUT2D eigenvalue weighted by Crippen LogP contribution is -2.23. The summed E-state index contributed by atoms with van der Waals surface area (Å²) in [6.07, 6.45) is 3.69. The van der Waals surface area contributed by atoms with Crippen molar-refractivity contribution in [3.63, 3.8) is 0 Å². The first-order valence-corrected chi connectivity index (χ1v) is 4.52. The summed E-state index contributed by atoms with van der Waals surface area (Å²) in [6, 6.07) is 0. The minimum Gasteiger partial charge on any atom is -0.381 e. The number of hydrogen-bond acceptors (Lipinski definition) is 1. The minimum atomic E-state index is 0.747. The molecular formula is C10H16O. The van der Waals surface area contributed by atoms with Crippen molar-refractivity contribution in [2.75, 3.05) is 13.2 Å². The molecule has 1 aliphatic heterocycles. The first kappa shape index (κ1) is 7.35. The standard InChI is InChI=1S/C10H16O/c1-7-3-8(2)10-6-11-5-9(10)4-7/h3,8-10H,4-6H2,1-2H3. The molecule has 1 fully saturated rings. The fraction of sp³-hybridized carbons (Fsp3) is 0.800. The van der Waals surface area contributed by atoms with Crippen molar-refractivity contribution < 1.29 is 4.74 Å². The van der Waals surface area contributed by atoms with Crippen molar-refractivity contribution in [2.24, 2.45) is 17.8 Å². The van der Waals surface area contributed by atoms with Gasteiger partial charge in [-0.15, -0.1) is 0 Å². The average molecular weight is 152 g/mol. The summed E-state index contributed by atoms with van der Waals surface area (Å²) < 4.78 is 5.48. The Balaban J connectivity index is 2.16. The molecule has 1 heterocycles. The van der Waals surface area contributed by atoms with Crippen molar-refractivity contribution in [1.82, 2.24) is 0 Å². The van der Waals surface area contributed by atoms with Gasteiger partial charge in [-0.3, -0.25) is 0 Å². The fourth-order valence-corrected chi connectivity index (χ4v) is 2.46. The van der Waals surface area contributed by atoms with E-state index in [1.165, 1.54) is 6.42 Å². The predicted molar refractivity (Wildman–Crippen MR) is 45.3 cm³/mol. The Morgan fingerprint density at radius 3 is 3.09 bits per heavy atom. The number of allylic oxidation sites excluding steroid dienone is 2. The summed E-state index contributed by atoms with van der Waals surface area (Å²) in [5.41, 5.74) is 1.56. The van der Waals surface area contributed by atoms with Crippen LogP contribution in [0.1, 0.15) is 20.3 Å². The monoisotopic (exact) mass is 152 g/mol. The van der Waals surface area contributed by atoms with Gasteiger partial charge in [0.15, 0.2) is 0 Å². The van der Waals surface area contributed by atoms with Crippen molar-refractivity contribution in [3.05, 3.63) is 11.6 Å². The van der Waals surface area contributed by atoms with Gasteiger partial charge in [-0.1, -0.05) is 18.6 Å². The van der Waals surface area contributed by atoms with Crippen LogP contribution in [-0.4, -0.2) is 13.2 Å². The topological polar surface area (TPSA) is 9.23 Å². The van der Waals surface area contributed by atoms with Crippen LogP contribution in [0.5, 0.6) is 0 Å². The second-order valence-corrected chi connectivity index (χ2v) is 4.04. The van der Waals surface area contributed by atoms with Crippen LogP contribution < -0.4 is 0 Å². The molecule has 0 spiro atoms. The highest BCUT2D eigenvalue weighted by molar-refractivity contribution is 5.09. The maximum Gasteiger partial charge on any atom is 0.0503 e. The number of hydrogen-bond donors (Lipinski definition) is 0. The molecule has 0 N–H and O–H groups in total. The normalized spacial score (nSPS) is 43.5. The molecular weight excluding hydrogens is 136 g/mol. The first-order chi connectivity index (χ1) is 5.27.